The van der Waals surface area contributed by atoms with Gasteiger partial charge in [-0.1, -0.05) is 6.92 Å². The molecule has 7 heteroatoms. The first kappa shape index (κ1) is 18.0. The van der Waals surface area contributed by atoms with Gasteiger partial charge in [-0.15, -0.1) is 11.3 Å². The molecule has 2 amide bonds. The number of aryl methyl sites for hydroxylation is 3. The summed E-state index contributed by atoms with van der Waals surface area (Å²) in [6.45, 7) is 5.88. The predicted molar refractivity (Wildman–Crippen MR) is 104 cm³/mol. The van der Waals surface area contributed by atoms with Crippen LogP contribution in [0.3, 0.4) is 0 Å². The van der Waals surface area contributed by atoms with Crippen LogP contribution in [-0.4, -0.2) is 28.8 Å². The van der Waals surface area contributed by atoms with E-state index in [1.54, 1.807) is 31.3 Å². The molecule has 2 N–H and O–H groups in total. The molecule has 0 saturated carbocycles. The molecule has 3 aromatic rings. The number of hydrogen-bond acceptors (Lipinski definition) is 5. The number of carbonyl (C=O) groups is 2. The van der Waals surface area contributed by atoms with Gasteiger partial charge in [0.05, 0.1) is 4.88 Å². The van der Waals surface area contributed by atoms with Crippen molar-refractivity contribution in [2.24, 2.45) is 0 Å². The van der Waals surface area contributed by atoms with E-state index in [9.17, 15) is 9.59 Å². The van der Waals surface area contributed by atoms with Crippen LogP contribution in [0.15, 0.2) is 24.3 Å². The van der Waals surface area contributed by atoms with E-state index in [-0.39, 0.29) is 11.8 Å². The number of nitrogens with one attached hydrogen (secondary N) is 2. The SMILES string of the molecule is CCc1nc(C)c2c(C)c(C(=O)Nc3ccc(C(=O)NC)cc3)sc2n1. The van der Waals surface area contributed by atoms with E-state index in [1.807, 2.05) is 20.8 Å². The number of aromatic nitrogens is 2. The molecule has 6 nitrogen and oxygen atoms in total. The quantitative estimate of drug-likeness (QED) is 0.738. The highest BCUT2D eigenvalue weighted by atomic mass is 32.1. The van der Waals surface area contributed by atoms with E-state index in [0.717, 1.165) is 33.7 Å². The van der Waals surface area contributed by atoms with Crippen LogP contribution in [0.1, 0.15) is 44.0 Å². The molecule has 0 radical (unpaired) electrons. The summed E-state index contributed by atoms with van der Waals surface area (Å²) in [6, 6.07) is 6.78. The van der Waals surface area contributed by atoms with Crippen LogP contribution >= 0.6 is 11.3 Å². The van der Waals surface area contributed by atoms with Gasteiger partial charge in [-0.2, -0.15) is 0 Å². The van der Waals surface area contributed by atoms with Crippen LogP contribution in [0, 0.1) is 13.8 Å². The summed E-state index contributed by atoms with van der Waals surface area (Å²) in [6.07, 6.45) is 0.757. The summed E-state index contributed by atoms with van der Waals surface area (Å²) >= 11 is 1.38. The van der Waals surface area contributed by atoms with Crippen molar-refractivity contribution >= 4 is 39.1 Å². The highest BCUT2D eigenvalue weighted by Gasteiger charge is 2.19. The zero-order valence-corrected chi connectivity index (χ0v) is 16.0. The molecule has 134 valence electrons. The smallest absolute Gasteiger partial charge is 0.266 e. The lowest BCUT2D eigenvalue weighted by atomic mass is 10.1. The van der Waals surface area contributed by atoms with Crippen molar-refractivity contribution in [3.8, 4) is 0 Å². The van der Waals surface area contributed by atoms with Crippen LogP contribution in [0.2, 0.25) is 0 Å². The van der Waals surface area contributed by atoms with Crippen molar-refractivity contribution in [2.75, 3.05) is 12.4 Å². The summed E-state index contributed by atoms with van der Waals surface area (Å²) in [5.74, 6) is 0.438. The van der Waals surface area contributed by atoms with E-state index in [2.05, 4.69) is 20.6 Å². The average Bonchev–Trinajstić information content (AvgIpc) is 2.98. The van der Waals surface area contributed by atoms with Crippen LogP contribution in [0.25, 0.3) is 10.2 Å². The Morgan fingerprint density at radius 1 is 1.08 bits per heavy atom. The molecule has 2 aromatic heterocycles. The van der Waals surface area contributed by atoms with Gasteiger partial charge in [0.25, 0.3) is 11.8 Å². The zero-order chi connectivity index (χ0) is 18.8. The van der Waals surface area contributed by atoms with Gasteiger partial charge in [-0.3, -0.25) is 9.59 Å². The van der Waals surface area contributed by atoms with Crippen molar-refractivity contribution in [1.29, 1.82) is 0 Å². The van der Waals surface area contributed by atoms with Crippen molar-refractivity contribution < 1.29 is 9.59 Å². The number of hydrogen-bond donors (Lipinski definition) is 2. The fraction of sp³-hybridized carbons (Fsp3) is 0.263. The molecular weight excluding hydrogens is 348 g/mol. The maximum Gasteiger partial charge on any atom is 0.266 e. The van der Waals surface area contributed by atoms with Gasteiger partial charge >= 0.3 is 0 Å². The van der Waals surface area contributed by atoms with Crippen LogP contribution in [0.4, 0.5) is 5.69 Å². The number of anilines is 1. The van der Waals surface area contributed by atoms with Crippen LogP contribution in [-0.2, 0) is 6.42 Å². The number of fused-ring (bicyclic) bond motifs is 1. The largest absolute Gasteiger partial charge is 0.355 e. The summed E-state index contributed by atoms with van der Waals surface area (Å²) in [4.78, 5) is 34.8. The highest BCUT2D eigenvalue weighted by Crippen LogP contribution is 2.31. The Kier molecular flexibility index (Phi) is 4.99. The molecule has 0 unspecified atom stereocenters. The number of amides is 2. The Balaban J connectivity index is 1.89. The van der Waals surface area contributed by atoms with Gasteiger partial charge in [0.15, 0.2) is 0 Å². The molecule has 0 aliphatic rings. The van der Waals surface area contributed by atoms with Gasteiger partial charge in [0.2, 0.25) is 0 Å². The normalized spacial score (nSPS) is 10.8. The number of benzene rings is 1. The number of thiophene rings is 1. The van der Waals surface area contributed by atoms with Crippen molar-refractivity contribution in [1.82, 2.24) is 15.3 Å². The minimum Gasteiger partial charge on any atom is -0.355 e. The maximum atomic E-state index is 12.7. The van der Waals surface area contributed by atoms with Gasteiger partial charge in [-0.25, -0.2) is 9.97 Å². The molecule has 2 heterocycles. The Morgan fingerprint density at radius 3 is 2.38 bits per heavy atom. The first-order chi connectivity index (χ1) is 12.4. The Labute approximate surface area is 155 Å². The predicted octanol–water partition coefficient (Wildman–Crippen LogP) is 3.48. The van der Waals surface area contributed by atoms with Gasteiger partial charge in [-0.05, 0) is 43.7 Å². The second kappa shape index (κ2) is 7.21. The fourth-order valence-corrected chi connectivity index (χ4v) is 3.95. The molecule has 1 aromatic carbocycles. The fourth-order valence-electron chi connectivity index (χ4n) is 2.81. The molecule has 26 heavy (non-hydrogen) atoms. The summed E-state index contributed by atoms with van der Waals surface area (Å²) < 4.78 is 0. The molecule has 0 fully saturated rings. The summed E-state index contributed by atoms with van der Waals surface area (Å²) in [5.41, 5.74) is 2.97. The number of rotatable bonds is 4. The van der Waals surface area contributed by atoms with Crippen molar-refractivity contribution in [3.63, 3.8) is 0 Å². The summed E-state index contributed by atoms with van der Waals surface area (Å²) in [7, 11) is 1.58. The van der Waals surface area contributed by atoms with Crippen molar-refractivity contribution in [2.45, 2.75) is 27.2 Å². The first-order valence-corrected chi connectivity index (χ1v) is 9.16. The topological polar surface area (TPSA) is 84.0 Å². The summed E-state index contributed by atoms with van der Waals surface area (Å²) in [5, 5.41) is 6.40. The molecular formula is C19H20N4O2S. The molecule has 0 aliphatic carbocycles. The lowest BCUT2D eigenvalue weighted by Crippen LogP contribution is -2.17. The minimum absolute atomic E-state index is 0.163. The third-order valence-electron chi connectivity index (χ3n) is 4.17. The van der Waals surface area contributed by atoms with Gasteiger partial charge < -0.3 is 10.6 Å². The van der Waals surface area contributed by atoms with Gasteiger partial charge in [0, 0.05) is 35.8 Å². The van der Waals surface area contributed by atoms with Gasteiger partial charge in [0.1, 0.15) is 10.7 Å². The Morgan fingerprint density at radius 2 is 1.77 bits per heavy atom. The Bertz CT molecular complexity index is 993. The maximum absolute atomic E-state index is 12.7. The second-order valence-electron chi connectivity index (χ2n) is 5.93. The highest BCUT2D eigenvalue weighted by molar-refractivity contribution is 7.20. The zero-order valence-electron chi connectivity index (χ0n) is 15.1. The minimum atomic E-state index is -0.185. The van der Waals surface area contributed by atoms with E-state index in [4.69, 9.17) is 0 Å². The molecule has 0 aliphatic heterocycles. The third-order valence-corrected chi connectivity index (χ3v) is 5.36. The molecule has 0 saturated heterocycles. The lowest BCUT2D eigenvalue weighted by Gasteiger charge is -2.06. The number of carbonyl (C=O) groups excluding carboxylic acids is 2. The third kappa shape index (κ3) is 3.30. The van der Waals surface area contributed by atoms with E-state index in [0.29, 0.717) is 16.1 Å². The lowest BCUT2D eigenvalue weighted by molar-refractivity contribution is 0.0962. The molecule has 0 spiro atoms. The Hall–Kier alpha value is -2.80. The average molecular weight is 368 g/mol. The molecule has 0 bridgehead atoms. The van der Waals surface area contributed by atoms with Crippen LogP contribution in [0.5, 0.6) is 0 Å². The molecule has 3 rings (SSSR count). The van der Waals surface area contributed by atoms with Crippen LogP contribution < -0.4 is 10.6 Å². The molecule has 0 atom stereocenters. The van der Waals surface area contributed by atoms with E-state index in [1.165, 1.54) is 11.3 Å². The van der Waals surface area contributed by atoms with Crippen molar-refractivity contribution in [3.05, 3.63) is 51.8 Å². The first-order valence-electron chi connectivity index (χ1n) is 8.34. The van der Waals surface area contributed by atoms with E-state index >= 15 is 0 Å². The van der Waals surface area contributed by atoms with E-state index < -0.39 is 0 Å². The monoisotopic (exact) mass is 368 g/mol. The number of nitrogens with zero attached hydrogens (tertiary/aromatic N) is 2. The standard InChI is InChI=1S/C19H20N4O2S/c1-5-14-21-11(3)15-10(2)16(26-19(15)23-14)18(25)22-13-8-6-12(7-9-13)17(24)20-4/h6-9H,5H2,1-4H3,(H,20,24)(H,22,25). The second-order valence-corrected chi connectivity index (χ2v) is 6.92.